The summed E-state index contributed by atoms with van der Waals surface area (Å²) in [5, 5.41) is 5.15. The van der Waals surface area contributed by atoms with Gasteiger partial charge in [-0.25, -0.2) is 0 Å². The van der Waals surface area contributed by atoms with Gasteiger partial charge < -0.3 is 10.1 Å². The van der Waals surface area contributed by atoms with E-state index in [4.69, 9.17) is 4.74 Å². The molecule has 138 valence electrons. The van der Waals surface area contributed by atoms with E-state index in [0.717, 1.165) is 43.2 Å². The zero-order valence-corrected chi connectivity index (χ0v) is 16.0. The topological polar surface area (TPSA) is 41.6 Å². The second-order valence-electron chi connectivity index (χ2n) is 6.54. The molecule has 1 N–H and O–H groups in total. The highest BCUT2D eigenvalue weighted by atomic mass is 32.1. The summed E-state index contributed by atoms with van der Waals surface area (Å²) in [7, 11) is 0. The molecule has 1 saturated heterocycles. The predicted molar refractivity (Wildman–Crippen MR) is 107 cm³/mol. The molecule has 0 bridgehead atoms. The van der Waals surface area contributed by atoms with Gasteiger partial charge in [-0.15, -0.1) is 11.3 Å². The van der Waals surface area contributed by atoms with Crippen LogP contribution >= 0.6 is 11.3 Å². The van der Waals surface area contributed by atoms with Crippen LogP contribution in [0.15, 0.2) is 53.4 Å². The molecule has 1 fully saturated rings. The Morgan fingerprint density at radius 3 is 2.69 bits per heavy atom. The second-order valence-corrected chi connectivity index (χ2v) is 7.52. The molecule has 2 heterocycles. The van der Waals surface area contributed by atoms with E-state index in [2.05, 4.69) is 34.5 Å². The number of thiophene rings is 1. The van der Waals surface area contributed by atoms with Crippen molar-refractivity contribution in [1.82, 2.24) is 10.2 Å². The number of ether oxygens (including phenoxy) is 1. The SMILES string of the molecule is C/C(=C\c1cccs1)C(=O)NCC(Cc1ccccc1)N1CCOCC1. The number of morpholine rings is 1. The second kappa shape index (κ2) is 9.67. The van der Waals surface area contributed by atoms with Crippen molar-refractivity contribution in [3.8, 4) is 0 Å². The fraction of sp³-hybridized carbons (Fsp3) is 0.381. The molecule has 0 radical (unpaired) electrons. The Labute approximate surface area is 159 Å². The van der Waals surface area contributed by atoms with Crippen LogP contribution in [-0.2, 0) is 16.0 Å². The molecule has 26 heavy (non-hydrogen) atoms. The molecule has 4 nitrogen and oxygen atoms in total. The number of nitrogens with one attached hydrogen (secondary N) is 1. The van der Waals surface area contributed by atoms with Crippen LogP contribution < -0.4 is 5.32 Å². The van der Waals surface area contributed by atoms with Gasteiger partial charge in [0.2, 0.25) is 5.91 Å². The lowest BCUT2D eigenvalue weighted by molar-refractivity contribution is -0.117. The lowest BCUT2D eigenvalue weighted by atomic mass is 10.0. The highest BCUT2D eigenvalue weighted by molar-refractivity contribution is 7.10. The normalized spacial score (nSPS) is 17.0. The maximum Gasteiger partial charge on any atom is 0.247 e. The van der Waals surface area contributed by atoms with Crippen molar-refractivity contribution >= 4 is 23.3 Å². The number of rotatable bonds is 7. The molecule has 5 heteroatoms. The average molecular weight is 371 g/mol. The van der Waals surface area contributed by atoms with Crippen LogP contribution in [0.3, 0.4) is 0 Å². The molecular formula is C21H26N2O2S. The maximum atomic E-state index is 12.5. The van der Waals surface area contributed by atoms with Crippen LogP contribution in [0.5, 0.6) is 0 Å². The molecule has 1 aromatic heterocycles. The molecule has 2 aromatic rings. The van der Waals surface area contributed by atoms with Gasteiger partial charge in [0.05, 0.1) is 13.2 Å². The Morgan fingerprint density at radius 1 is 1.23 bits per heavy atom. The highest BCUT2D eigenvalue weighted by Gasteiger charge is 2.22. The molecule has 3 rings (SSSR count). The van der Waals surface area contributed by atoms with E-state index >= 15 is 0 Å². The van der Waals surface area contributed by atoms with Crippen LogP contribution in [0.2, 0.25) is 0 Å². The van der Waals surface area contributed by atoms with Gasteiger partial charge in [-0.2, -0.15) is 0 Å². The lowest BCUT2D eigenvalue weighted by Gasteiger charge is -2.34. The van der Waals surface area contributed by atoms with Crippen molar-refractivity contribution in [2.75, 3.05) is 32.8 Å². The van der Waals surface area contributed by atoms with Crippen LogP contribution in [-0.4, -0.2) is 49.7 Å². The minimum Gasteiger partial charge on any atom is -0.379 e. The first kappa shape index (κ1) is 18.8. The third-order valence-corrected chi connectivity index (χ3v) is 5.45. The van der Waals surface area contributed by atoms with E-state index < -0.39 is 0 Å². The zero-order valence-electron chi connectivity index (χ0n) is 15.2. The number of hydrogen-bond donors (Lipinski definition) is 1. The molecule has 1 amide bonds. The Hall–Kier alpha value is -1.95. The van der Waals surface area contributed by atoms with E-state index in [9.17, 15) is 4.79 Å². The number of amides is 1. The Bertz CT molecular complexity index is 707. The molecular weight excluding hydrogens is 344 g/mol. The van der Waals surface area contributed by atoms with Crippen molar-refractivity contribution in [3.05, 3.63) is 63.9 Å². The van der Waals surface area contributed by atoms with Gasteiger partial charge >= 0.3 is 0 Å². The largest absolute Gasteiger partial charge is 0.379 e. The van der Waals surface area contributed by atoms with Crippen molar-refractivity contribution in [2.24, 2.45) is 0 Å². The third-order valence-electron chi connectivity index (χ3n) is 4.63. The standard InChI is InChI=1S/C21H26N2O2S/c1-17(14-20-8-5-13-26-20)21(24)22-16-19(23-9-11-25-12-10-23)15-18-6-3-2-4-7-18/h2-8,13-14,19H,9-12,15-16H2,1H3,(H,22,24)/b17-14+. The van der Waals surface area contributed by atoms with E-state index in [1.165, 1.54) is 5.56 Å². The van der Waals surface area contributed by atoms with Crippen LogP contribution in [0, 0.1) is 0 Å². The quantitative estimate of drug-likeness (QED) is 0.761. The van der Waals surface area contributed by atoms with Crippen LogP contribution in [0.1, 0.15) is 17.4 Å². The van der Waals surface area contributed by atoms with E-state index in [-0.39, 0.29) is 11.9 Å². The van der Waals surface area contributed by atoms with E-state index in [1.54, 1.807) is 11.3 Å². The molecule has 1 aliphatic rings. The van der Waals surface area contributed by atoms with Crippen molar-refractivity contribution < 1.29 is 9.53 Å². The summed E-state index contributed by atoms with van der Waals surface area (Å²) in [5.74, 6) is 0.00437. The zero-order chi connectivity index (χ0) is 18.2. The average Bonchev–Trinajstić information content (AvgIpc) is 3.19. The summed E-state index contributed by atoms with van der Waals surface area (Å²) in [4.78, 5) is 16.0. The first-order valence-electron chi connectivity index (χ1n) is 9.08. The summed E-state index contributed by atoms with van der Waals surface area (Å²) in [6, 6.07) is 14.8. The Balaban J connectivity index is 1.62. The first-order chi connectivity index (χ1) is 12.7. The number of hydrogen-bond acceptors (Lipinski definition) is 4. The van der Waals surface area contributed by atoms with Gasteiger partial charge in [-0.1, -0.05) is 36.4 Å². The monoisotopic (exact) mass is 370 g/mol. The van der Waals surface area contributed by atoms with Gasteiger partial charge in [0.15, 0.2) is 0 Å². The fourth-order valence-electron chi connectivity index (χ4n) is 3.16. The first-order valence-corrected chi connectivity index (χ1v) is 9.96. The highest BCUT2D eigenvalue weighted by Crippen LogP contribution is 2.14. The van der Waals surface area contributed by atoms with Crippen molar-refractivity contribution in [1.29, 1.82) is 0 Å². The number of carbonyl (C=O) groups is 1. The molecule has 0 spiro atoms. The van der Waals surface area contributed by atoms with E-state index in [1.807, 2.05) is 36.6 Å². The molecule has 0 aliphatic carbocycles. The minimum absolute atomic E-state index is 0.00437. The fourth-order valence-corrected chi connectivity index (χ4v) is 3.88. The van der Waals surface area contributed by atoms with E-state index in [0.29, 0.717) is 6.54 Å². The van der Waals surface area contributed by atoms with Crippen LogP contribution in [0.25, 0.3) is 6.08 Å². The Morgan fingerprint density at radius 2 is 2.00 bits per heavy atom. The smallest absolute Gasteiger partial charge is 0.247 e. The van der Waals surface area contributed by atoms with Crippen molar-refractivity contribution in [3.63, 3.8) is 0 Å². The third kappa shape index (κ3) is 5.53. The van der Waals surface area contributed by atoms with Crippen molar-refractivity contribution in [2.45, 2.75) is 19.4 Å². The van der Waals surface area contributed by atoms with Gasteiger partial charge in [-0.05, 0) is 36.4 Å². The summed E-state index contributed by atoms with van der Waals surface area (Å²) >= 11 is 1.64. The van der Waals surface area contributed by atoms with Gasteiger partial charge in [0, 0.05) is 36.1 Å². The summed E-state index contributed by atoms with van der Waals surface area (Å²) in [6.45, 7) is 5.86. The van der Waals surface area contributed by atoms with Gasteiger partial charge in [0.1, 0.15) is 0 Å². The Kier molecular flexibility index (Phi) is 7.00. The number of nitrogens with zero attached hydrogens (tertiary/aromatic N) is 1. The summed E-state index contributed by atoms with van der Waals surface area (Å²) in [6.07, 6.45) is 2.87. The van der Waals surface area contributed by atoms with Gasteiger partial charge in [-0.3, -0.25) is 9.69 Å². The minimum atomic E-state index is 0.00437. The number of carbonyl (C=O) groups excluding carboxylic acids is 1. The number of benzene rings is 1. The van der Waals surface area contributed by atoms with Gasteiger partial charge in [0.25, 0.3) is 0 Å². The molecule has 1 aromatic carbocycles. The van der Waals surface area contributed by atoms with Crippen LogP contribution in [0.4, 0.5) is 0 Å². The molecule has 1 unspecified atom stereocenters. The summed E-state index contributed by atoms with van der Waals surface area (Å²) in [5.41, 5.74) is 2.04. The molecule has 1 aliphatic heterocycles. The predicted octanol–water partition coefficient (Wildman–Crippen LogP) is 3.21. The maximum absolute atomic E-state index is 12.5. The molecule has 0 saturated carbocycles. The summed E-state index contributed by atoms with van der Waals surface area (Å²) < 4.78 is 5.49. The molecule has 1 atom stereocenters. The lowest BCUT2D eigenvalue weighted by Crippen LogP contribution is -2.49.